The third-order valence-corrected chi connectivity index (χ3v) is 3.40. The molecular weight excluding hydrogens is 242 g/mol. The Labute approximate surface area is 114 Å². The van der Waals surface area contributed by atoms with Gasteiger partial charge in [0.15, 0.2) is 0 Å². The summed E-state index contributed by atoms with van der Waals surface area (Å²) < 4.78 is 5.38. The van der Waals surface area contributed by atoms with Crippen LogP contribution in [0.3, 0.4) is 0 Å². The van der Waals surface area contributed by atoms with E-state index in [4.69, 9.17) is 10.6 Å². The van der Waals surface area contributed by atoms with Gasteiger partial charge < -0.3 is 15.5 Å². The van der Waals surface area contributed by atoms with Crippen molar-refractivity contribution in [2.75, 3.05) is 30.5 Å². The lowest BCUT2D eigenvalue weighted by molar-refractivity contribution is 0.187. The molecule has 0 aromatic carbocycles. The predicted octanol–water partition coefficient (Wildman–Crippen LogP) is 1.64. The summed E-state index contributed by atoms with van der Waals surface area (Å²) >= 11 is 0. The Bertz CT molecular complexity index is 429. The van der Waals surface area contributed by atoms with Crippen LogP contribution < -0.4 is 16.6 Å². The van der Waals surface area contributed by atoms with Crippen LogP contribution >= 0.6 is 0 Å². The molecule has 1 fully saturated rings. The molecule has 1 aliphatic rings. The van der Waals surface area contributed by atoms with Crippen LogP contribution in [0.5, 0.6) is 0 Å². The molecule has 1 aromatic rings. The average molecular weight is 265 g/mol. The zero-order valence-electron chi connectivity index (χ0n) is 11.9. The molecule has 1 unspecified atom stereocenters. The fourth-order valence-electron chi connectivity index (χ4n) is 2.09. The van der Waals surface area contributed by atoms with Gasteiger partial charge in [-0.25, -0.2) is 15.8 Å². The standard InChI is InChI=1S/C13H23N5O/c1-8(2)11-16-12(9(3)13(17-11)18-14)15-6-10-4-5-19-7-10/h8,10H,4-7,14H2,1-3H3,(H2,15,16,17,18). The summed E-state index contributed by atoms with van der Waals surface area (Å²) in [6.07, 6.45) is 1.11. The Morgan fingerprint density at radius 1 is 1.37 bits per heavy atom. The van der Waals surface area contributed by atoms with Gasteiger partial charge in [0.05, 0.1) is 6.61 Å². The number of hydrogen-bond acceptors (Lipinski definition) is 6. The molecule has 1 aliphatic heterocycles. The Morgan fingerprint density at radius 2 is 2.11 bits per heavy atom. The maximum Gasteiger partial charge on any atom is 0.148 e. The summed E-state index contributed by atoms with van der Waals surface area (Å²) in [6, 6.07) is 0. The molecular formula is C13H23N5O. The van der Waals surface area contributed by atoms with Crippen LogP contribution in [0, 0.1) is 12.8 Å². The van der Waals surface area contributed by atoms with Crippen molar-refractivity contribution in [1.82, 2.24) is 9.97 Å². The number of nitrogen functional groups attached to an aromatic ring is 1. The second-order valence-electron chi connectivity index (χ2n) is 5.31. The third-order valence-electron chi connectivity index (χ3n) is 3.40. The van der Waals surface area contributed by atoms with E-state index in [1.165, 1.54) is 0 Å². The van der Waals surface area contributed by atoms with E-state index in [1.54, 1.807) is 0 Å². The van der Waals surface area contributed by atoms with Gasteiger partial charge in [0.25, 0.3) is 0 Å². The van der Waals surface area contributed by atoms with Crippen molar-refractivity contribution >= 4 is 11.6 Å². The summed E-state index contributed by atoms with van der Waals surface area (Å²) in [4.78, 5) is 9.00. The third kappa shape index (κ3) is 3.33. The van der Waals surface area contributed by atoms with E-state index in [0.717, 1.165) is 43.4 Å². The topological polar surface area (TPSA) is 85.1 Å². The van der Waals surface area contributed by atoms with Crippen molar-refractivity contribution in [3.05, 3.63) is 11.4 Å². The van der Waals surface area contributed by atoms with Crippen molar-refractivity contribution in [3.63, 3.8) is 0 Å². The Hall–Kier alpha value is -1.40. The van der Waals surface area contributed by atoms with Crippen molar-refractivity contribution in [2.24, 2.45) is 11.8 Å². The molecule has 0 aliphatic carbocycles. The highest BCUT2D eigenvalue weighted by Gasteiger charge is 2.17. The molecule has 2 rings (SSSR count). The lowest BCUT2D eigenvalue weighted by atomic mass is 10.1. The number of hydrogen-bond donors (Lipinski definition) is 3. The van der Waals surface area contributed by atoms with Crippen LogP contribution in [0.4, 0.5) is 11.6 Å². The van der Waals surface area contributed by atoms with Crippen molar-refractivity contribution in [1.29, 1.82) is 0 Å². The van der Waals surface area contributed by atoms with Crippen LogP contribution in [0.2, 0.25) is 0 Å². The first kappa shape index (κ1) is 14.0. The van der Waals surface area contributed by atoms with Crippen LogP contribution in [0.1, 0.15) is 37.6 Å². The van der Waals surface area contributed by atoms with E-state index >= 15 is 0 Å². The van der Waals surface area contributed by atoms with Gasteiger partial charge in [-0.1, -0.05) is 13.8 Å². The summed E-state index contributed by atoms with van der Waals surface area (Å²) in [7, 11) is 0. The van der Waals surface area contributed by atoms with Gasteiger partial charge in [-0.3, -0.25) is 0 Å². The van der Waals surface area contributed by atoms with Crippen LogP contribution in [-0.4, -0.2) is 29.7 Å². The Kier molecular flexibility index (Phi) is 4.55. The Balaban J connectivity index is 2.14. The lowest BCUT2D eigenvalue weighted by Gasteiger charge is -2.16. The van der Waals surface area contributed by atoms with Crippen molar-refractivity contribution < 1.29 is 4.74 Å². The van der Waals surface area contributed by atoms with Gasteiger partial charge in [0.1, 0.15) is 17.5 Å². The summed E-state index contributed by atoms with van der Waals surface area (Å²) in [5.41, 5.74) is 3.59. The molecule has 19 heavy (non-hydrogen) atoms. The zero-order chi connectivity index (χ0) is 13.8. The number of aromatic nitrogens is 2. The molecule has 0 amide bonds. The normalized spacial score (nSPS) is 18.9. The van der Waals surface area contributed by atoms with E-state index in [2.05, 4.69) is 34.6 Å². The maximum atomic E-state index is 5.52. The van der Waals surface area contributed by atoms with Gasteiger partial charge >= 0.3 is 0 Å². The predicted molar refractivity (Wildman–Crippen MR) is 76.1 cm³/mol. The van der Waals surface area contributed by atoms with E-state index in [0.29, 0.717) is 11.7 Å². The van der Waals surface area contributed by atoms with Crippen molar-refractivity contribution in [3.8, 4) is 0 Å². The Morgan fingerprint density at radius 3 is 2.68 bits per heavy atom. The van der Waals surface area contributed by atoms with E-state index < -0.39 is 0 Å². The van der Waals surface area contributed by atoms with Gasteiger partial charge in [-0.05, 0) is 13.3 Å². The molecule has 106 valence electrons. The number of hydrazine groups is 1. The number of ether oxygens (including phenoxy) is 1. The number of nitrogens with zero attached hydrogens (tertiary/aromatic N) is 2. The molecule has 0 radical (unpaired) electrons. The molecule has 6 nitrogen and oxygen atoms in total. The molecule has 1 atom stereocenters. The molecule has 1 saturated heterocycles. The van der Waals surface area contributed by atoms with Gasteiger partial charge in [-0.15, -0.1) is 0 Å². The average Bonchev–Trinajstić information content (AvgIpc) is 2.90. The van der Waals surface area contributed by atoms with Crippen LogP contribution in [-0.2, 0) is 4.74 Å². The number of nitrogens with one attached hydrogen (secondary N) is 2. The number of rotatable bonds is 5. The second kappa shape index (κ2) is 6.16. The molecule has 2 heterocycles. The zero-order valence-corrected chi connectivity index (χ0v) is 11.9. The first-order chi connectivity index (χ1) is 9.11. The van der Waals surface area contributed by atoms with Gasteiger partial charge in [-0.2, -0.15) is 0 Å². The molecule has 6 heteroatoms. The van der Waals surface area contributed by atoms with E-state index in [9.17, 15) is 0 Å². The number of nitrogens with two attached hydrogens (primary N) is 1. The van der Waals surface area contributed by atoms with Gasteiger partial charge in [0.2, 0.25) is 0 Å². The molecule has 0 bridgehead atoms. The van der Waals surface area contributed by atoms with Gasteiger partial charge in [0, 0.05) is 30.6 Å². The molecule has 0 saturated carbocycles. The number of anilines is 2. The SMILES string of the molecule is Cc1c(NN)nc(C(C)C)nc1NCC1CCOC1. The highest BCUT2D eigenvalue weighted by molar-refractivity contribution is 5.56. The first-order valence-electron chi connectivity index (χ1n) is 6.78. The minimum Gasteiger partial charge on any atom is -0.381 e. The summed E-state index contributed by atoms with van der Waals surface area (Å²) in [5.74, 6) is 8.69. The minimum atomic E-state index is 0.267. The lowest BCUT2D eigenvalue weighted by Crippen LogP contribution is -2.19. The van der Waals surface area contributed by atoms with Crippen LogP contribution in [0.25, 0.3) is 0 Å². The minimum absolute atomic E-state index is 0.267. The monoisotopic (exact) mass is 265 g/mol. The second-order valence-corrected chi connectivity index (χ2v) is 5.31. The molecule has 1 aromatic heterocycles. The summed E-state index contributed by atoms with van der Waals surface area (Å²) in [5, 5.41) is 3.40. The fraction of sp³-hybridized carbons (Fsp3) is 0.692. The van der Waals surface area contributed by atoms with Crippen LogP contribution in [0.15, 0.2) is 0 Å². The smallest absolute Gasteiger partial charge is 0.148 e. The fourth-order valence-corrected chi connectivity index (χ4v) is 2.09. The highest BCUT2D eigenvalue weighted by atomic mass is 16.5. The first-order valence-corrected chi connectivity index (χ1v) is 6.78. The highest BCUT2D eigenvalue weighted by Crippen LogP contribution is 2.23. The molecule has 0 spiro atoms. The van der Waals surface area contributed by atoms with Crippen molar-refractivity contribution in [2.45, 2.75) is 33.1 Å². The largest absolute Gasteiger partial charge is 0.381 e. The van der Waals surface area contributed by atoms with E-state index in [1.807, 2.05) is 6.92 Å². The van der Waals surface area contributed by atoms with E-state index in [-0.39, 0.29) is 5.92 Å². The summed E-state index contributed by atoms with van der Waals surface area (Å²) in [6.45, 7) is 8.67. The quantitative estimate of drug-likeness (QED) is 0.554. The maximum absolute atomic E-state index is 5.52. The molecule has 4 N–H and O–H groups in total.